The SMILES string of the molecule is CC(C)CCCCCCCCCCCCCCCCCCCCC(=O)OC[C@@H](COC(=O)CCCCCCCCCCCCCCC(C)C)OC(=O)CCCCCCCCC(C)C. The molecule has 0 heterocycles. The third kappa shape index (κ3) is 51.3. The van der Waals surface area contributed by atoms with Crippen LogP contribution in [0.25, 0.3) is 0 Å². The summed E-state index contributed by atoms with van der Waals surface area (Å²) in [6, 6.07) is 0. The number of carbonyl (C=O) groups is 3. The Bertz CT molecular complexity index is 976. The smallest absolute Gasteiger partial charge is 0.306 e. The predicted octanol–water partition coefficient (Wildman–Crippen LogP) is 18.3. The van der Waals surface area contributed by atoms with E-state index in [2.05, 4.69) is 41.5 Å². The van der Waals surface area contributed by atoms with Crippen LogP contribution in [0.2, 0.25) is 0 Å². The van der Waals surface area contributed by atoms with Crippen LogP contribution in [0, 0.1) is 17.8 Å². The van der Waals surface area contributed by atoms with Gasteiger partial charge in [-0.1, -0.05) is 273 Å². The second-order valence-corrected chi connectivity index (χ2v) is 21.0. The van der Waals surface area contributed by atoms with Crippen LogP contribution in [-0.4, -0.2) is 37.2 Å². The van der Waals surface area contributed by atoms with Crippen molar-refractivity contribution < 1.29 is 28.6 Å². The van der Waals surface area contributed by atoms with Gasteiger partial charge in [-0.05, 0) is 37.0 Å². The lowest BCUT2D eigenvalue weighted by Gasteiger charge is -2.18. The van der Waals surface area contributed by atoms with Crippen molar-refractivity contribution in [3.05, 3.63) is 0 Å². The average molecular weight is 892 g/mol. The van der Waals surface area contributed by atoms with Gasteiger partial charge in [-0.15, -0.1) is 0 Å². The van der Waals surface area contributed by atoms with Crippen LogP contribution in [0.3, 0.4) is 0 Å². The molecule has 0 aliphatic rings. The first kappa shape index (κ1) is 61.4. The molecule has 1 atom stereocenters. The van der Waals surface area contributed by atoms with Gasteiger partial charge in [0.15, 0.2) is 6.10 Å². The maximum Gasteiger partial charge on any atom is 0.306 e. The predicted molar refractivity (Wildman–Crippen MR) is 270 cm³/mol. The molecule has 0 bridgehead atoms. The van der Waals surface area contributed by atoms with Gasteiger partial charge >= 0.3 is 17.9 Å². The minimum Gasteiger partial charge on any atom is -0.462 e. The average Bonchev–Trinajstić information content (AvgIpc) is 3.24. The van der Waals surface area contributed by atoms with Crippen molar-refractivity contribution in [3.8, 4) is 0 Å². The van der Waals surface area contributed by atoms with Gasteiger partial charge in [-0.3, -0.25) is 14.4 Å². The van der Waals surface area contributed by atoms with E-state index in [9.17, 15) is 14.4 Å². The summed E-state index contributed by atoms with van der Waals surface area (Å²) in [6.45, 7) is 13.7. The standard InChI is InChI=1S/C57H110O6/c1-51(2)43-37-31-25-21-17-13-11-9-7-8-10-12-14-19-23-27-34-40-46-55(58)61-49-54(63-57(60)48-42-36-30-29-33-39-45-53(5)6)50-62-56(59)47-41-35-28-24-20-16-15-18-22-26-32-38-44-52(3)4/h51-54H,7-50H2,1-6H3/t54-/m0/s1. The molecule has 0 aliphatic carbocycles. The fourth-order valence-electron chi connectivity index (χ4n) is 8.65. The fourth-order valence-corrected chi connectivity index (χ4v) is 8.65. The molecule has 0 saturated carbocycles. The highest BCUT2D eigenvalue weighted by atomic mass is 16.6. The summed E-state index contributed by atoms with van der Waals surface area (Å²) in [7, 11) is 0. The second-order valence-electron chi connectivity index (χ2n) is 21.0. The third-order valence-electron chi connectivity index (χ3n) is 12.9. The molecule has 0 radical (unpaired) electrons. The molecule has 374 valence electrons. The van der Waals surface area contributed by atoms with Crippen LogP contribution < -0.4 is 0 Å². The second kappa shape index (κ2) is 48.3. The molecular formula is C57H110O6. The van der Waals surface area contributed by atoms with E-state index in [1.54, 1.807) is 0 Å². The van der Waals surface area contributed by atoms with Crippen molar-refractivity contribution >= 4 is 17.9 Å². The highest BCUT2D eigenvalue weighted by Crippen LogP contribution is 2.18. The summed E-state index contributed by atoms with van der Waals surface area (Å²) in [5.74, 6) is 1.60. The molecular weight excluding hydrogens is 781 g/mol. The molecule has 0 aliphatic heterocycles. The molecule has 6 nitrogen and oxygen atoms in total. The zero-order valence-corrected chi connectivity index (χ0v) is 43.4. The fraction of sp³-hybridized carbons (Fsp3) is 0.947. The summed E-state index contributed by atoms with van der Waals surface area (Å²) >= 11 is 0. The van der Waals surface area contributed by atoms with E-state index >= 15 is 0 Å². The van der Waals surface area contributed by atoms with E-state index < -0.39 is 6.10 Å². The Morgan fingerprint density at radius 2 is 0.460 bits per heavy atom. The molecule has 0 fully saturated rings. The maximum absolute atomic E-state index is 12.8. The minimum atomic E-state index is -0.763. The van der Waals surface area contributed by atoms with E-state index in [0.717, 1.165) is 75.5 Å². The van der Waals surface area contributed by atoms with Crippen LogP contribution in [0.4, 0.5) is 0 Å². The van der Waals surface area contributed by atoms with Gasteiger partial charge in [0.1, 0.15) is 13.2 Å². The van der Waals surface area contributed by atoms with Crippen molar-refractivity contribution in [1.82, 2.24) is 0 Å². The zero-order valence-electron chi connectivity index (χ0n) is 43.4. The topological polar surface area (TPSA) is 78.9 Å². The van der Waals surface area contributed by atoms with Crippen molar-refractivity contribution in [1.29, 1.82) is 0 Å². The number of rotatable bonds is 50. The Hall–Kier alpha value is -1.59. The lowest BCUT2D eigenvalue weighted by atomic mass is 10.0. The van der Waals surface area contributed by atoms with Gasteiger partial charge in [-0.25, -0.2) is 0 Å². The van der Waals surface area contributed by atoms with E-state index in [4.69, 9.17) is 14.2 Å². The Labute approximate surface area is 393 Å². The number of hydrogen-bond donors (Lipinski definition) is 0. The summed E-state index contributed by atoms with van der Waals surface area (Å²) in [4.78, 5) is 38.0. The van der Waals surface area contributed by atoms with Gasteiger partial charge in [0, 0.05) is 19.3 Å². The number of carbonyl (C=O) groups excluding carboxylic acids is 3. The van der Waals surface area contributed by atoms with Crippen molar-refractivity contribution in [3.63, 3.8) is 0 Å². The minimum absolute atomic E-state index is 0.0650. The molecule has 6 heteroatoms. The number of unbranched alkanes of at least 4 members (excludes halogenated alkanes) is 33. The van der Waals surface area contributed by atoms with Crippen LogP contribution in [0.1, 0.15) is 311 Å². The Balaban J connectivity index is 4.17. The largest absolute Gasteiger partial charge is 0.462 e. The highest BCUT2D eigenvalue weighted by molar-refractivity contribution is 5.71. The summed E-state index contributed by atoms with van der Waals surface area (Å²) < 4.78 is 16.8. The highest BCUT2D eigenvalue weighted by Gasteiger charge is 2.19. The summed E-state index contributed by atoms with van der Waals surface area (Å²) in [6.07, 6.45) is 49.7. The van der Waals surface area contributed by atoms with E-state index in [1.165, 1.54) is 193 Å². The quantitative estimate of drug-likeness (QED) is 0.0344. The molecule has 0 unspecified atom stereocenters. The van der Waals surface area contributed by atoms with Crippen molar-refractivity contribution in [2.24, 2.45) is 17.8 Å². The first-order valence-corrected chi connectivity index (χ1v) is 28.1. The van der Waals surface area contributed by atoms with Crippen molar-refractivity contribution in [2.45, 2.75) is 317 Å². The normalized spacial score (nSPS) is 12.1. The monoisotopic (exact) mass is 891 g/mol. The van der Waals surface area contributed by atoms with E-state index in [-0.39, 0.29) is 31.1 Å². The number of ether oxygens (including phenoxy) is 3. The lowest BCUT2D eigenvalue weighted by Crippen LogP contribution is -2.30. The van der Waals surface area contributed by atoms with Crippen molar-refractivity contribution in [2.75, 3.05) is 13.2 Å². The number of esters is 3. The molecule has 0 aromatic heterocycles. The molecule has 0 amide bonds. The molecule has 0 aromatic rings. The van der Waals surface area contributed by atoms with Crippen LogP contribution >= 0.6 is 0 Å². The molecule has 0 N–H and O–H groups in total. The number of hydrogen-bond acceptors (Lipinski definition) is 6. The first-order chi connectivity index (χ1) is 30.6. The van der Waals surface area contributed by atoms with Gasteiger partial charge in [0.05, 0.1) is 0 Å². The summed E-state index contributed by atoms with van der Waals surface area (Å²) in [5, 5.41) is 0. The first-order valence-electron chi connectivity index (χ1n) is 28.1. The van der Waals surface area contributed by atoms with Crippen LogP contribution in [0.15, 0.2) is 0 Å². The third-order valence-corrected chi connectivity index (χ3v) is 12.9. The maximum atomic E-state index is 12.8. The lowest BCUT2D eigenvalue weighted by molar-refractivity contribution is -0.167. The Morgan fingerprint density at radius 3 is 0.683 bits per heavy atom. The van der Waals surface area contributed by atoms with E-state index in [1.807, 2.05) is 0 Å². The van der Waals surface area contributed by atoms with Gasteiger partial charge in [-0.2, -0.15) is 0 Å². The van der Waals surface area contributed by atoms with Gasteiger partial charge in [0.25, 0.3) is 0 Å². The molecule has 0 aromatic carbocycles. The van der Waals surface area contributed by atoms with E-state index in [0.29, 0.717) is 19.3 Å². The van der Waals surface area contributed by atoms with Gasteiger partial charge in [0.2, 0.25) is 0 Å². The molecule has 0 spiro atoms. The van der Waals surface area contributed by atoms with Crippen LogP contribution in [0.5, 0.6) is 0 Å². The Kier molecular flexibility index (Phi) is 47.1. The van der Waals surface area contributed by atoms with Crippen LogP contribution in [-0.2, 0) is 28.6 Å². The molecule has 0 rings (SSSR count). The summed E-state index contributed by atoms with van der Waals surface area (Å²) in [5.41, 5.74) is 0. The molecule has 0 saturated heterocycles. The zero-order chi connectivity index (χ0) is 46.3. The van der Waals surface area contributed by atoms with Gasteiger partial charge < -0.3 is 14.2 Å². The Morgan fingerprint density at radius 1 is 0.270 bits per heavy atom. The molecule has 63 heavy (non-hydrogen) atoms.